The molecule has 1 aromatic rings. The fourth-order valence-corrected chi connectivity index (χ4v) is 1.32. The summed E-state index contributed by atoms with van der Waals surface area (Å²) in [6, 6.07) is 7.25. The zero-order chi connectivity index (χ0) is 12.3. The van der Waals surface area contributed by atoms with Gasteiger partial charge in [-0.05, 0) is 40.1 Å². The van der Waals surface area contributed by atoms with Crippen molar-refractivity contribution in [1.82, 2.24) is 4.90 Å². The maximum absolute atomic E-state index is 12.3. The van der Waals surface area contributed by atoms with Crippen LogP contribution in [0.5, 0.6) is 5.75 Å². The summed E-state index contributed by atoms with van der Waals surface area (Å²) in [5.74, 6) is 0.803. The number of nitrogens with zero attached hydrogens (tertiary/aromatic N) is 1. The Bertz CT molecular complexity index is 383. The average molecular weight is 221 g/mol. The van der Waals surface area contributed by atoms with Gasteiger partial charge in [-0.25, -0.2) is 0 Å². The fourth-order valence-electron chi connectivity index (χ4n) is 1.32. The minimum Gasteiger partial charge on any atom is -0.497 e. The third kappa shape index (κ3) is 2.42. The smallest absolute Gasteiger partial charge is 0.182 e. The number of ether oxygens (including phenoxy) is 1. The lowest BCUT2D eigenvalue weighted by Gasteiger charge is -2.30. The topological polar surface area (TPSA) is 29.5 Å². The van der Waals surface area contributed by atoms with Gasteiger partial charge in [0.05, 0.1) is 12.6 Å². The minimum atomic E-state index is -0.508. The molecular formula is C13H19NO2. The highest BCUT2D eigenvalue weighted by atomic mass is 16.5. The molecule has 0 atom stereocenters. The van der Waals surface area contributed by atoms with Crippen LogP contribution >= 0.6 is 0 Å². The number of ketones is 1. The van der Waals surface area contributed by atoms with Crippen molar-refractivity contribution in [2.45, 2.75) is 19.4 Å². The molecule has 3 nitrogen and oxygen atoms in total. The van der Waals surface area contributed by atoms with Gasteiger partial charge in [0.25, 0.3) is 0 Å². The lowest BCUT2D eigenvalue weighted by atomic mass is 9.92. The van der Waals surface area contributed by atoms with Gasteiger partial charge in [0.15, 0.2) is 5.78 Å². The number of benzene rings is 1. The Morgan fingerprint density at radius 2 is 1.94 bits per heavy atom. The van der Waals surface area contributed by atoms with E-state index in [0.29, 0.717) is 11.3 Å². The van der Waals surface area contributed by atoms with E-state index >= 15 is 0 Å². The van der Waals surface area contributed by atoms with E-state index in [4.69, 9.17) is 4.74 Å². The van der Waals surface area contributed by atoms with Crippen molar-refractivity contribution in [2.75, 3.05) is 21.2 Å². The molecule has 0 aliphatic heterocycles. The van der Waals surface area contributed by atoms with Gasteiger partial charge < -0.3 is 4.74 Å². The van der Waals surface area contributed by atoms with Gasteiger partial charge in [-0.1, -0.05) is 12.1 Å². The molecule has 0 N–H and O–H groups in total. The SMILES string of the molecule is COc1cccc(C(=O)C(C)(C)N(C)C)c1. The second-order valence-corrected chi connectivity index (χ2v) is 4.51. The van der Waals surface area contributed by atoms with Crippen LogP contribution in [0.4, 0.5) is 0 Å². The van der Waals surface area contributed by atoms with E-state index in [9.17, 15) is 4.79 Å². The van der Waals surface area contributed by atoms with Gasteiger partial charge in [0.1, 0.15) is 5.75 Å². The first-order valence-corrected chi connectivity index (χ1v) is 5.26. The molecule has 0 aliphatic rings. The first-order valence-electron chi connectivity index (χ1n) is 5.26. The normalized spacial score (nSPS) is 11.6. The molecule has 0 saturated carbocycles. The van der Waals surface area contributed by atoms with Crippen molar-refractivity contribution >= 4 is 5.78 Å². The van der Waals surface area contributed by atoms with E-state index in [2.05, 4.69) is 0 Å². The van der Waals surface area contributed by atoms with Crippen LogP contribution < -0.4 is 4.74 Å². The second-order valence-electron chi connectivity index (χ2n) is 4.51. The Kier molecular flexibility index (Phi) is 3.70. The van der Waals surface area contributed by atoms with Crippen molar-refractivity contribution in [3.05, 3.63) is 29.8 Å². The summed E-state index contributed by atoms with van der Waals surface area (Å²) in [4.78, 5) is 14.2. The Balaban J connectivity index is 3.05. The molecule has 3 heteroatoms. The number of methoxy groups -OCH3 is 1. The van der Waals surface area contributed by atoms with Gasteiger partial charge in [0, 0.05) is 5.56 Å². The van der Waals surface area contributed by atoms with Crippen LogP contribution in [0.3, 0.4) is 0 Å². The summed E-state index contributed by atoms with van der Waals surface area (Å²) >= 11 is 0. The standard InChI is InChI=1S/C13H19NO2/c1-13(2,14(3)4)12(15)10-7-6-8-11(9-10)16-5/h6-9H,1-5H3. The predicted octanol–water partition coefficient (Wildman–Crippen LogP) is 2.22. The molecule has 0 spiro atoms. The van der Waals surface area contributed by atoms with Crippen LogP contribution in [-0.4, -0.2) is 37.4 Å². The summed E-state index contributed by atoms with van der Waals surface area (Å²) in [5.41, 5.74) is 0.171. The number of rotatable bonds is 4. The third-order valence-electron chi connectivity index (χ3n) is 3.01. The quantitative estimate of drug-likeness (QED) is 0.730. The maximum atomic E-state index is 12.3. The van der Waals surface area contributed by atoms with Gasteiger partial charge in [-0.15, -0.1) is 0 Å². The maximum Gasteiger partial charge on any atom is 0.182 e. The van der Waals surface area contributed by atoms with Gasteiger partial charge in [-0.2, -0.15) is 0 Å². The highest BCUT2D eigenvalue weighted by molar-refractivity contribution is 6.02. The van der Waals surface area contributed by atoms with Crippen molar-refractivity contribution < 1.29 is 9.53 Å². The van der Waals surface area contributed by atoms with E-state index in [1.807, 2.05) is 51.0 Å². The highest BCUT2D eigenvalue weighted by Gasteiger charge is 2.30. The minimum absolute atomic E-state index is 0.0939. The third-order valence-corrected chi connectivity index (χ3v) is 3.01. The molecule has 0 aliphatic carbocycles. The first kappa shape index (κ1) is 12.7. The number of hydrogen-bond donors (Lipinski definition) is 0. The van der Waals surface area contributed by atoms with E-state index in [1.54, 1.807) is 13.2 Å². The van der Waals surface area contributed by atoms with Crippen molar-refractivity contribution in [3.8, 4) is 5.75 Å². The Labute approximate surface area is 97.0 Å². The average Bonchev–Trinajstić information content (AvgIpc) is 2.27. The van der Waals surface area contributed by atoms with Crippen molar-refractivity contribution in [3.63, 3.8) is 0 Å². The monoisotopic (exact) mass is 221 g/mol. The molecule has 0 aromatic heterocycles. The Hall–Kier alpha value is -1.35. The number of Topliss-reactive ketones (excluding diaryl/α,β-unsaturated/α-hetero) is 1. The summed E-state index contributed by atoms with van der Waals surface area (Å²) in [6.07, 6.45) is 0. The molecule has 16 heavy (non-hydrogen) atoms. The zero-order valence-electron chi connectivity index (χ0n) is 10.6. The van der Waals surface area contributed by atoms with Crippen LogP contribution in [-0.2, 0) is 0 Å². The first-order chi connectivity index (χ1) is 7.39. The molecular weight excluding hydrogens is 202 g/mol. The van der Waals surface area contributed by atoms with E-state index < -0.39 is 5.54 Å². The van der Waals surface area contributed by atoms with Crippen molar-refractivity contribution in [2.24, 2.45) is 0 Å². The lowest BCUT2D eigenvalue weighted by molar-refractivity contribution is 0.0755. The van der Waals surface area contributed by atoms with Crippen LogP contribution in [0.15, 0.2) is 24.3 Å². The zero-order valence-corrected chi connectivity index (χ0v) is 10.6. The van der Waals surface area contributed by atoms with Crippen molar-refractivity contribution in [1.29, 1.82) is 0 Å². The summed E-state index contributed by atoms with van der Waals surface area (Å²) in [5, 5.41) is 0. The Morgan fingerprint density at radius 3 is 2.44 bits per heavy atom. The van der Waals surface area contributed by atoms with Crippen LogP contribution in [0.2, 0.25) is 0 Å². The molecule has 0 saturated heterocycles. The van der Waals surface area contributed by atoms with E-state index in [-0.39, 0.29) is 5.78 Å². The summed E-state index contributed by atoms with van der Waals surface area (Å²) in [6.45, 7) is 3.82. The van der Waals surface area contributed by atoms with Gasteiger partial charge in [-0.3, -0.25) is 9.69 Å². The molecule has 1 rings (SSSR count). The van der Waals surface area contributed by atoms with Gasteiger partial charge >= 0.3 is 0 Å². The predicted molar refractivity (Wildman–Crippen MR) is 65.1 cm³/mol. The number of carbonyl (C=O) groups is 1. The van der Waals surface area contributed by atoms with Crippen LogP contribution in [0, 0.1) is 0 Å². The highest BCUT2D eigenvalue weighted by Crippen LogP contribution is 2.20. The molecule has 0 fully saturated rings. The Morgan fingerprint density at radius 1 is 1.31 bits per heavy atom. The van der Waals surface area contributed by atoms with Gasteiger partial charge in [0.2, 0.25) is 0 Å². The molecule has 0 radical (unpaired) electrons. The second kappa shape index (κ2) is 4.66. The van der Waals surface area contributed by atoms with E-state index in [0.717, 1.165) is 0 Å². The lowest BCUT2D eigenvalue weighted by Crippen LogP contribution is -2.45. The molecule has 0 heterocycles. The van der Waals surface area contributed by atoms with Crippen LogP contribution in [0.1, 0.15) is 24.2 Å². The number of likely N-dealkylation sites (N-methyl/N-ethyl adjacent to an activating group) is 1. The largest absolute Gasteiger partial charge is 0.497 e. The molecule has 0 unspecified atom stereocenters. The van der Waals surface area contributed by atoms with E-state index in [1.165, 1.54) is 0 Å². The summed E-state index contributed by atoms with van der Waals surface area (Å²) < 4.78 is 5.11. The molecule has 0 bridgehead atoms. The van der Waals surface area contributed by atoms with Crippen LogP contribution in [0.25, 0.3) is 0 Å². The fraction of sp³-hybridized carbons (Fsp3) is 0.462. The molecule has 0 amide bonds. The molecule has 1 aromatic carbocycles. The number of carbonyl (C=O) groups excluding carboxylic acids is 1. The summed E-state index contributed by atoms with van der Waals surface area (Å²) in [7, 11) is 5.40. The number of hydrogen-bond acceptors (Lipinski definition) is 3. The molecule has 88 valence electrons.